The summed E-state index contributed by atoms with van der Waals surface area (Å²) in [6.45, 7) is 1.90. The van der Waals surface area contributed by atoms with Gasteiger partial charge in [-0.2, -0.15) is 0 Å². The molecule has 4 heteroatoms. The van der Waals surface area contributed by atoms with Gasteiger partial charge in [-0.15, -0.1) is 0 Å². The number of para-hydroxylation sites is 1. The summed E-state index contributed by atoms with van der Waals surface area (Å²) in [5.41, 5.74) is 1.43. The van der Waals surface area contributed by atoms with Crippen LogP contribution in [0.25, 0.3) is 0 Å². The van der Waals surface area contributed by atoms with Crippen molar-refractivity contribution < 1.29 is 14.7 Å². The van der Waals surface area contributed by atoms with Gasteiger partial charge in [-0.25, -0.2) is 0 Å². The van der Waals surface area contributed by atoms with Crippen LogP contribution < -0.4 is 4.74 Å². The van der Waals surface area contributed by atoms with Gasteiger partial charge in [0.2, 0.25) is 0 Å². The predicted octanol–water partition coefficient (Wildman–Crippen LogP) is 1.94. The quantitative estimate of drug-likeness (QED) is 0.421. The van der Waals surface area contributed by atoms with Gasteiger partial charge in [0.05, 0.1) is 5.71 Å². The van der Waals surface area contributed by atoms with E-state index in [0.717, 1.165) is 11.3 Å². The lowest BCUT2D eigenvalue weighted by Crippen LogP contribution is -2.22. The highest BCUT2D eigenvalue weighted by Gasteiger charge is 2.24. The fourth-order valence-electron chi connectivity index (χ4n) is 1.48. The first-order chi connectivity index (χ1) is 6.83. The Hall–Kier alpha value is -1.55. The van der Waals surface area contributed by atoms with Crippen LogP contribution in [-0.2, 0) is 4.74 Å². The van der Waals surface area contributed by atoms with E-state index in [9.17, 15) is 0 Å². The van der Waals surface area contributed by atoms with Gasteiger partial charge in [0, 0.05) is 5.56 Å². The first-order valence-corrected chi connectivity index (χ1v) is 4.35. The molecule has 0 aliphatic carbocycles. The fourth-order valence-corrected chi connectivity index (χ4v) is 1.48. The Bertz CT molecular complexity index is 362. The highest BCUT2D eigenvalue weighted by Crippen LogP contribution is 2.32. The molecule has 1 unspecified atom stereocenters. The Morgan fingerprint density at radius 3 is 3.07 bits per heavy atom. The molecule has 1 aromatic rings. The second-order valence-corrected chi connectivity index (χ2v) is 3.09. The number of ether oxygens (including phenoxy) is 2. The Morgan fingerprint density at radius 1 is 1.50 bits per heavy atom. The molecule has 0 fully saturated rings. The van der Waals surface area contributed by atoms with Crippen LogP contribution in [0, 0.1) is 0 Å². The summed E-state index contributed by atoms with van der Waals surface area (Å²) < 4.78 is 10.6. The Morgan fingerprint density at radius 2 is 2.29 bits per heavy atom. The first kappa shape index (κ1) is 9.02. The number of benzene rings is 1. The second-order valence-electron chi connectivity index (χ2n) is 3.09. The standard InChI is InChI=1S/C10H11NO3/c1-7(11-12)10-8-4-2-3-5-9(8)13-6-14-10/h2-5,10,12H,6H2,1H3. The highest BCUT2D eigenvalue weighted by molar-refractivity contribution is 5.87. The number of nitrogens with zero attached hydrogens (tertiary/aromatic N) is 1. The molecule has 0 amide bonds. The summed E-state index contributed by atoms with van der Waals surface area (Å²) in [5.74, 6) is 0.784. The molecule has 14 heavy (non-hydrogen) atoms. The maximum absolute atomic E-state index is 8.68. The lowest BCUT2D eigenvalue weighted by atomic mass is 10.0. The minimum absolute atomic E-state index is 0.189. The molecule has 0 saturated heterocycles. The number of fused-ring (bicyclic) bond motifs is 1. The molecular formula is C10H11NO3. The van der Waals surface area contributed by atoms with E-state index in [0.29, 0.717) is 5.71 Å². The van der Waals surface area contributed by atoms with Crippen LogP contribution in [0.5, 0.6) is 5.75 Å². The minimum atomic E-state index is -0.301. The third kappa shape index (κ3) is 1.44. The van der Waals surface area contributed by atoms with Crippen molar-refractivity contribution in [3.8, 4) is 5.75 Å². The smallest absolute Gasteiger partial charge is 0.190 e. The van der Waals surface area contributed by atoms with Crippen molar-refractivity contribution in [2.45, 2.75) is 13.0 Å². The minimum Gasteiger partial charge on any atom is -0.467 e. The van der Waals surface area contributed by atoms with Crippen LogP contribution in [0.1, 0.15) is 18.6 Å². The Labute approximate surface area is 81.8 Å². The zero-order valence-corrected chi connectivity index (χ0v) is 7.80. The van der Waals surface area contributed by atoms with Gasteiger partial charge in [-0.1, -0.05) is 23.4 Å². The van der Waals surface area contributed by atoms with Crippen molar-refractivity contribution in [2.24, 2.45) is 5.16 Å². The Balaban J connectivity index is 2.40. The Kier molecular flexibility index (Phi) is 2.37. The largest absolute Gasteiger partial charge is 0.467 e. The molecule has 1 atom stereocenters. The molecule has 0 bridgehead atoms. The van der Waals surface area contributed by atoms with E-state index in [1.54, 1.807) is 6.92 Å². The van der Waals surface area contributed by atoms with Gasteiger partial charge in [0.1, 0.15) is 11.9 Å². The third-order valence-electron chi connectivity index (χ3n) is 2.19. The van der Waals surface area contributed by atoms with Crippen molar-refractivity contribution in [1.29, 1.82) is 0 Å². The number of oxime groups is 1. The molecule has 1 aromatic carbocycles. The average molecular weight is 193 g/mol. The van der Waals surface area contributed by atoms with Crippen LogP contribution in [0.2, 0.25) is 0 Å². The lowest BCUT2D eigenvalue weighted by Gasteiger charge is -2.25. The maximum Gasteiger partial charge on any atom is 0.190 e. The molecule has 4 nitrogen and oxygen atoms in total. The SMILES string of the molecule is CC(=NO)C1OCOc2ccccc21. The third-order valence-corrected chi connectivity index (χ3v) is 2.19. The van der Waals surface area contributed by atoms with Crippen LogP contribution in [0.15, 0.2) is 29.4 Å². The van der Waals surface area contributed by atoms with Crippen LogP contribution in [-0.4, -0.2) is 17.7 Å². The summed E-state index contributed by atoms with van der Waals surface area (Å²) >= 11 is 0. The summed E-state index contributed by atoms with van der Waals surface area (Å²) in [7, 11) is 0. The summed E-state index contributed by atoms with van der Waals surface area (Å²) in [4.78, 5) is 0. The molecule has 1 N–H and O–H groups in total. The van der Waals surface area contributed by atoms with Crippen molar-refractivity contribution in [3.63, 3.8) is 0 Å². The highest BCUT2D eigenvalue weighted by atomic mass is 16.7. The first-order valence-electron chi connectivity index (χ1n) is 4.35. The molecule has 74 valence electrons. The molecule has 2 rings (SSSR count). The molecule has 0 radical (unpaired) electrons. The summed E-state index contributed by atoms with van der Waals surface area (Å²) in [5, 5.41) is 11.8. The van der Waals surface area contributed by atoms with Gasteiger partial charge in [0.15, 0.2) is 6.79 Å². The molecule has 1 heterocycles. The van der Waals surface area contributed by atoms with E-state index in [-0.39, 0.29) is 12.9 Å². The molecule has 0 aromatic heterocycles. The fraction of sp³-hybridized carbons (Fsp3) is 0.300. The number of hydrogen-bond acceptors (Lipinski definition) is 4. The van der Waals surface area contributed by atoms with Gasteiger partial charge in [0.25, 0.3) is 0 Å². The zero-order chi connectivity index (χ0) is 9.97. The van der Waals surface area contributed by atoms with Crippen LogP contribution in [0.3, 0.4) is 0 Å². The lowest BCUT2D eigenvalue weighted by molar-refractivity contribution is -0.0317. The van der Waals surface area contributed by atoms with E-state index >= 15 is 0 Å². The van der Waals surface area contributed by atoms with E-state index in [1.165, 1.54) is 0 Å². The van der Waals surface area contributed by atoms with Gasteiger partial charge >= 0.3 is 0 Å². The molecule has 0 saturated carbocycles. The molecule has 0 spiro atoms. The topological polar surface area (TPSA) is 51.1 Å². The van der Waals surface area contributed by atoms with E-state index in [4.69, 9.17) is 14.7 Å². The monoisotopic (exact) mass is 193 g/mol. The van der Waals surface area contributed by atoms with E-state index in [2.05, 4.69) is 5.16 Å². The van der Waals surface area contributed by atoms with Crippen molar-refractivity contribution >= 4 is 5.71 Å². The van der Waals surface area contributed by atoms with Crippen molar-refractivity contribution in [1.82, 2.24) is 0 Å². The van der Waals surface area contributed by atoms with Crippen molar-refractivity contribution in [2.75, 3.05) is 6.79 Å². The summed E-state index contributed by atoms with van der Waals surface area (Å²) in [6.07, 6.45) is -0.301. The molecule has 1 aliphatic heterocycles. The maximum atomic E-state index is 8.68. The van der Waals surface area contributed by atoms with Crippen LogP contribution >= 0.6 is 0 Å². The van der Waals surface area contributed by atoms with Gasteiger partial charge < -0.3 is 14.7 Å². The van der Waals surface area contributed by atoms with Crippen LogP contribution in [0.4, 0.5) is 0 Å². The van der Waals surface area contributed by atoms with Gasteiger partial charge in [-0.05, 0) is 13.0 Å². The summed E-state index contributed by atoms with van der Waals surface area (Å²) in [6, 6.07) is 7.56. The average Bonchev–Trinajstić information content (AvgIpc) is 2.27. The van der Waals surface area contributed by atoms with Gasteiger partial charge in [-0.3, -0.25) is 0 Å². The van der Waals surface area contributed by atoms with E-state index in [1.807, 2.05) is 24.3 Å². The normalized spacial score (nSPS) is 21.2. The second kappa shape index (κ2) is 3.67. The molecule has 1 aliphatic rings. The number of hydrogen-bond donors (Lipinski definition) is 1. The molecular weight excluding hydrogens is 182 g/mol. The number of rotatable bonds is 1. The zero-order valence-electron chi connectivity index (χ0n) is 7.80. The predicted molar refractivity (Wildman–Crippen MR) is 50.7 cm³/mol. The van der Waals surface area contributed by atoms with Crippen molar-refractivity contribution in [3.05, 3.63) is 29.8 Å². The van der Waals surface area contributed by atoms with E-state index < -0.39 is 0 Å².